The molecule has 1 aliphatic heterocycles. The molecule has 1 heterocycles. The Bertz CT molecular complexity index is 319. The highest BCUT2D eigenvalue weighted by molar-refractivity contribution is 5.41. The first-order chi connectivity index (χ1) is 6.75. The SMILES string of the molecule is Nc1ccc(CN2CCCC2)cc1F. The second-order valence-electron chi connectivity index (χ2n) is 3.84. The van der Waals surface area contributed by atoms with Crippen molar-refractivity contribution in [3.63, 3.8) is 0 Å². The van der Waals surface area contributed by atoms with Crippen molar-refractivity contribution in [2.45, 2.75) is 19.4 Å². The molecule has 0 aliphatic carbocycles. The van der Waals surface area contributed by atoms with E-state index in [2.05, 4.69) is 4.90 Å². The largest absolute Gasteiger partial charge is 0.396 e. The molecule has 2 rings (SSSR count). The fourth-order valence-electron chi connectivity index (χ4n) is 1.87. The van der Waals surface area contributed by atoms with Gasteiger partial charge in [-0.2, -0.15) is 0 Å². The zero-order chi connectivity index (χ0) is 9.97. The molecule has 0 atom stereocenters. The van der Waals surface area contributed by atoms with Gasteiger partial charge in [-0.1, -0.05) is 6.07 Å². The summed E-state index contributed by atoms with van der Waals surface area (Å²) in [4.78, 5) is 2.34. The summed E-state index contributed by atoms with van der Waals surface area (Å²) < 4.78 is 13.1. The maximum Gasteiger partial charge on any atom is 0.146 e. The molecular formula is C11H15FN2. The molecule has 0 bridgehead atoms. The third-order valence-electron chi connectivity index (χ3n) is 2.67. The van der Waals surface area contributed by atoms with Gasteiger partial charge in [0.15, 0.2) is 0 Å². The molecule has 1 saturated heterocycles. The first kappa shape index (κ1) is 9.46. The fourth-order valence-corrected chi connectivity index (χ4v) is 1.87. The molecule has 3 heteroatoms. The lowest BCUT2D eigenvalue weighted by atomic mass is 10.2. The van der Waals surface area contributed by atoms with Gasteiger partial charge in [0.2, 0.25) is 0 Å². The molecule has 0 amide bonds. The van der Waals surface area contributed by atoms with E-state index in [4.69, 9.17) is 5.73 Å². The van der Waals surface area contributed by atoms with E-state index in [9.17, 15) is 4.39 Å². The molecule has 76 valence electrons. The molecular weight excluding hydrogens is 179 g/mol. The smallest absolute Gasteiger partial charge is 0.146 e. The van der Waals surface area contributed by atoms with Crippen molar-refractivity contribution < 1.29 is 4.39 Å². The second-order valence-corrected chi connectivity index (χ2v) is 3.84. The monoisotopic (exact) mass is 194 g/mol. The van der Waals surface area contributed by atoms with Crippen molar-refractivity contribution in [3.05, 3.63) is 29.6 Å². The number of halogens is 1. The summed E-state index contributed by atoms with van der Waals surface area (Å²) in [5, 5.41) is 0. The Labute approximate surface area is 83.5 Å². The van der Waals surface area contributed by atoms with Crippen LogP contribution >= 0.6 is 0 Å². The Morgan fingerprint density at radius 3 is 2.64 bits per heavy atom. The topological polar surface area (TPSA) is 29.3 Å². The summed E-state index contributed by atoms with van der Waals surface area (Å²) in [7, 11) is 0. The van der Waals surface area contributed by atoms with Gasteiger partial charge >= 0.3 is 0 Å². The third kappa shape index (κ3) is 2.04. The van der Waals surface area contributed by atoms with Crippen LogP contribution in [0, 0.1) is 5.82 Å². The van der Waals surface area contributed by atoms with Crippen LogP contribution in [0.15, 0.2) is 18.2 Å². The molecule has 1 aromatic carbocycles. The number of rotatable bonds is 2. The fraction of sp³-hybridized carbons (Fsp3) is 0.455. The lowest BCUT2D eigenvalue weighted by Crippen LogP contribution is -2.18. The highest BCUT2D eigenvalue weighted by Crippen LogP contribution is 2.16. The van der Waals surface area contributed by atoms with Gasteiger partial charge in [0.1, 0.15) is 5.82 Å². The maximum absolute atomic E-state index is 13.1. The Morgan fingerprint density at radius 1 is 1.29 bits per heavy atom. The Kier molecular flexibility index (Phi) is 2.68. The van der Waals surface area contributed by atoms with E-state index in [1.807, 2.05) is 6.07 Å². The molecule has 2 N–H and O–H groups in total. The molecule has 14 heavy (non-hydrogen) atoms. The molecule has 2 nitrogen and oxygen atoms in total. The van der Waals surface area contributed by atoms with Gasteiger partial charge in [-0.05, 0) is 43.6 Å². The minimum Gasteiger partial charge on any atom is -0.396 e. The lowest BCUT2D eigenvalue weighted by molar-refractivity contribution is 0.331. The van der Waals surface area contributed by atoms with E-state index < -0.39 is 0 Å². The Hall–Kier alpha value is -1.09. The van der Waals surface area contributed by atoms with Gasteiger partial charge in [0.05, 0.1) is 5.69 Å². The van der Waals surface area contributed by atoms with E-state index in [1.165, 1.54) is 18.9 Å². The van der Waals surface area contributed by atoms with Crippen LogP contribution in [0.1, 0.15) is 18.4 Å². The number of nitrogens with two attached hydrogens (primary N) is 1. The maximum atomic E-state index is 13.1. The van der Waals surface area contributed by atoms with Crippen LogP contribution in [0.4, 0.5) is 10.1 Å². The van der Waals surface area contributed by atoms with Gasteiger partial charge in [0, 0.05) is 6.54 Å². The van der Waals surface area contributed by atoms with Crippen molar-refractivity contribution in [2.75, 3.05) is 18.8 Å². The Balaban J connectivity index is 2.05. The number of hydrogen-bond donors (Lipinski definition) is 1. The van der Waals surface area contributed by atoms with E-state index in [1.54, 1.807) is 6.07 Å². The van der Waals surface area contributed by atoms with Gasteiger partial charge in [-0.25, -0.2) is 4.39 Å². The van der Waals surface area contributed by atoms with Crippen LogP contribution in [0.5, 0.6) is 0 Å². The predicted molar refractivity (Wildman–Crippen MR) is 55.3 cm³/mol. The summed E-state index contributed by atoms with van der Waals surface area (Å²) >= 11 is 0. The molecule has 1 aromatic rings. The molecule has 0 unspecified atom stereocenters. The van der Waals surface area contributed by atoms with E-state index >= 15 is 0 Å². The summed E-state index contributed by atoms with van der Waals surface area (Å²) in [6, 6.07) is 5.07. The van der Waals surface area contributed by atoms with E-state index in [-0.39, 0.29) is 11.5 Å². The predicted octanol–water partition coefficient (Wildman–Crippen LogP) is 2.00. The lowest BCUT2D eigenvalue weighted by Gasteiger charge is -2.14. The standard InChI is InChI=1S/C11H15FN2/c12-10-7-9(3-4-11(10)13)8-14-5-1-2-6-14/h3-4,7H,1-2,5-6,8,13H2. The van der Waals surface area contributed by atoms with E-state index in [0.29, 0.717) is 0 Å². The summed E-state index contributed by atoms with van der Waals surface area (Å²) in [6.45, 7) is 3.11. The zero-order valence-electron chi connectivity index (χ0n) is 8.17. The van der Waals surface area contributed by atoms with Crippen LogP contribution in [0.25, 0.3) is 0 Å². The van der Waals surface area contributed by atoms with Crippen molar-refractivity contribution in [1.82, 2.24) is 4.90 Å². The highest BCUT2D eigenvalue weighted by atomic mass is 19.1. The van der Waals surface area contributed by atoms with Gasteiger partial charge in [-0.3, -0.25) is 4.90 Å². The molecule has 0 saturated carbocycles. The van der Waals surface area contributed by atoms with Crippen molar-refractivity contribution in [3.8, 4) is 0 Å². The Morgan fingerprint density at radius 2 is 2.00 bits per heavy atom. The van der Waals surface area contributed by atoms with Crippen LogP contribution < -0.4 is 5.73 Å². The highest BCUT2D eigenvalue weighted by Gasteiger charge is 2.12. The number of hydrogen-bond acceptors (Lipinski definition) is 2. The summed E-state index contributed by atoms with van der Waals surface area (Å²) in [5.41, 5.74) is 6.65. The molecule has 0 radical (unpaired) electrons. The van der Waals surface area contributed by atoms with E-state index in [0.717, 1.165) is 25.2 Å². The van der Waals surface area contributed by atoms with Crippen LogP contribution in [0.2, 0.25) is 0 Å². The number of nitrogens with zero attached hydrogens (tertiary/aromatic N) is 1. The summed E-state index contributed by atoms with van der Waals surface area (Å²) in [5.74, 6) is -0.304. The van der Waals surface area contributed by atoms with Crippen LogP contribution in [-0.4, -0.2) is 18.0 Å². The normalized spacial score (nSPS) is 17.5. The molecule has 1 fully saturated rings. The molecule has 0 aromatic heterocycles. The third-order valence-corrected chi connectivity index (χ3v) is 2.67. The number of anilines is 1. The minimum absolute atomic E-state index is 0.232. The first-order valence-electron chi connectivity index (χ1n) is 5.02. The molecule has 1 aliphatic rings. The minimum atomic E-state index is -0.304. The second kappa shape index (κ2) is 3.96. The average molecular weight is 194 g/mol. The van der Waals surface area contributed by atoms with Crippen molar-refractivity contribution >= 4 is 5.69 Å². The number of likely N-dealkylation sites (tertiary alicyclic amines) is 1. The van der Waals surface area contributed by atoms with Crippen molar-refractivity contribution in [2.24, 2.45) is 0 Å². The summed E-state index contributed by atoms with van der Waals surface area (Å²) in [6.07, 6.45) is 2.52. The van der Waals surface area contributed by atoms with Gasteiger partial charge in [-0.15, -0.1) is 0 Å². The van der Waals surface area contributed by atoms with Crippen LogP contribution in [-0.2, 0) is 6.54 Å². The van der Waals surface area contributed by atoms with Crippen LogP contribution in [0.3, 0.4) is 0 Å². The number of nitrogen functional groups attached to an aromatic ring is 1. The number of benzene rings is 1. The van der Waals surface area contributed by atoms with Gasteiger partial charge in [0.25, 0.3) is 0 Å². The zero-order valence-corrected chi connectivity index (χ0v) is 8.17. The average Bonchev–Trinajstić information content (AvgIpc) is 2.64. The van der Waals surface area contributed by atoms with Crippen molar-refractivity contribution in [1.29, 1.82) is 0 Å². The van der Waals surface area contributed by atoms with Gasteiger partial charge < -0.3 is 5.73 Å². The molecule has 0 spiro atoms. The first-order valence-corrected chi connectivity index (χ1v) is 5.02. The quantitative estimate of drug-likeness (QED) is 0.730.